The SMILES string of the molecule is CN1Cc2c(C(=O)C3CC3)ncn2-c2ccc(Br)cc2C1=O. The van der Waals surface area contributed by atoms with Crippen molar-refractivity contribution >= 4 is 27.6 Å². The van der Waals surface area contributed by atoms with Gasteiger partial charge in [-0.2, -0.15) is 0 Å². The Labute approximate surface area is 136 Å². The lowest BCUT2D eigenvalue weighted by Gasteiger charge is -2.14. The van der Waals surface area contributed by atoms with Gasteiger partial charge in [0.15, 0.2) is 5.78 Å². The predicted molar refractivity (Wildman–Crippen MR) is 84.1 cm³/mol. The van der Waals surface area contributed by atoms with Crippen LogP contribution < -0.4 is 0 Å². The smallest absolute Gasteiger partial charge is 0.256 e. The van der Waals surface area contributed by atoms with Gasteiger partial charge in [-0.1, -0.05) is 15.9 Å². The Balaban J connectivity index is 1.92. The molecular weight excluding hydrogens is 346 g/mol. The summed E-state index contributed by atoms with van der Waals surface area (Å²) in [4.78, 5) is 31.0. The van der Waals surface area contributed by atoms with Crippen LogP contribution in [0.4, 0.5) is 0 Å². The Morgan fingerprint density at radius 3 is 2.86 bits per heavy atom. The first kappa shape index (κ1) is 13.7. The Morgan fingerprint density at radius 1 is 1.36 bits per heavy atom. The molecule has 2 heterocycles. The maximum absolute atomic E-state index is 12.6. The minimum Gasteiger partial charge on any atom is -0.336 e. The van der Waals surface area contributed by atoms with Crippen molar-refractivity contribution < 1.29 is 9.59 Å². The average Bonchev–Trinajstić information content (AvgIpc) is 3.28. The van der Waals surface area contributed by atoms with Crippen LogP contribution in [0.15, 0.2) is 29.0 Å². The molecule has 22 heavy (non-hydrogen) atoms. The van der Waals surface area contributed by atoms with Crippen molar-refractivity contribution in [3.05, 3.63) is 46.0 Å². The van der Waals surface area contributed by atoms with E-state index in [1.54, 1.807) is 18.3 Å². The number of nitrogens with zero attached hydrogens (tertiary/aromatic N) is 3. The van der Waals surface area contributed by atoms with Gasteiger partial charge in [-0.25, -0.2) is 4.98 Å². The van der Waals surface area contributed by atoms with Gasteiger partial charge in [0, 0.05) is 17.4 Å². The van der Waals surface area contributed by atoms with Gasteiger partial charge in [-0.15, -0.1) is 0 Å². The summed E-state index contributed by atoms with van der Waals surface area (Å²) in [6, 6.07) is 5.59. The average molecular weight is 360 g/mol. The van der Waals surface area contributed by atoms with Crippen LogP contribution in [0.1, 0.15) is 39.4 Å². The van der Waals surface area contributed by atoms with E-state index in [4.69, 9.17) is 0 Å². The first-order valence-electron chi connectivity index (χ1n) is 7.22. The fraction of sp³-hybridized carbons (Fsp3) is 0.312. The molecule has 0 spiro atoms. The third-order valence-electron chi connectivity index (χ3n) is 4.23. The van der Waals surface area contributed by atoms with Gasteiger partial charge in [0.1, 0.15) is 12.0 Å². The van der Waals surface area contributed by atoms with E-state index in [-0.39, 0.29) is 17.6 Å². The van der Waals surface area contributed by atoms with E-state index in [9.17, 15) is 9.59 Å². The summed E-state index contributed by atoms with van der Waals surface area (Å²) in [6.07, 6.45) is 3.55. The largest absolute Gasteiger partial charge is 0.336 e. The zero-order chi connectivity index (χ0) is 15.4. The number of amides is 1. The lowest BCUT2D eigenvalue weighted by molar-refractivity contribution is 0.0785. The first-order chi connectivity index (χ1) is 10.6. The fourth-order valence-corrected chi connectivity index (χ4v) is 3.23. The zero-order valence-corrected chi connectivity index (χ0v) is 13.6. The van der Waals surface area contributed by atoms with Crippen molar-refractivity contribution in [2.75, 3.05) is 7.05 Å². The van der Waals surface area contributed by atoms with Gasteiger partial charge in [-0.05, 0) is 31.0 Å². The highest BCUT2D eigenvalue weighted by Crippen LogP contribution is 2.35. The van der Waals surface area contributed by atoms with Gasteiger partial charge < -0.3 is 4.90 Å². The van der Waals surface area contributed by atoms with Crippen LogP contribution in [0.25, 0.3) is 5.69 Å². The number of imidazole rings is 1. The van der Waals surface area contributed by atoms with E-state index in [0.29, 0.717) is 17.8 Å². The van der Waals surface area contributed by atoms with Crippen LogP contribution in [-0.4, -0.2) is 33.2 Å². The molecule has 4 rings (SSSR count). The second kappa shape index (κ2) is 4.78. The van der Waals surface area contributed by atoms with Gasteiger partial charge in [0.05, 0.1) is 23.5 Å². The minimum atomic E-state index is -0.0511. The van der Waals surface area contributed by atoms with E-state index < -0.39 is 0 Å². The van der Waals surface area contributed by atoms with Crippen molar-refractivity contribution in [2.45, 2.75) is 19.4 Å². The van der Waals surface area contributed by atoms with Crippen LogP contribution in [0.2, 0.25) is 0 Å². The van der Waals surface area contributed by atoms with Crippen molar-refractivity contribution in [2.24, 2.45) is 5.92 Å². The maximum Gasteiger partial charge on any atom is 0.256 e. The summed E-state index contributed by atoms with van der Waals surface area (Å²) in [5.74, 6) is 0.174. The number of Topliss-reactive ketones (excluding diaryl/α,β-unsaturated/α-hetero) is 1. The molecule has 0 saturated heterocycles. The number of halogens is 1. The molecule has 1 saturated carbocycles. The van der Waals surface area contributed by atoms with E-state index in [1.165, 1.54) is 0 Å². The summed E-state index contributed by atoms with van der Waals surface area (Å²) in [5.41, 5.74) is 2.69. The fourth-order valence-electron chi connectivity index (χ4n) is 2.87. The second-order valence-corrected chi connectivity index (χ2v) is 6.79. The van der Waals surface area contributed by atoms with E-state index in [2.05, 4.69) is 20.9 Å². The van der Waals surface area contributed by atoms with Crippen LogP contribution in [0.3, 0.4) is 0 Å². The molecule has 1 amide bonds. The van der Waals surface area contributed by atoms with Gasteiger partial charge in [0.2, 0.25) is 0 Å². The van der Waals surface area contributed by atoms with Gasteiger partial charge in [-0.3, -0.25) is 14.2 Å². The molecule has 0 bridgehead atoms. The Kier molecular flexibility index (Phi) is 2.97. The molecular formula is C16H14BrN3O2. The van der Waals surface area contributed by atoms with Gasteiger partial charge >= 0.3 is 0 Å². The molecule has 6 heteroatoms. The number of rotatable bonds is 2. The monoisotopic (exact) mass is 359 g/mol. The molecule has 2 aliphatic rings. The molecule has 2 aromatic rings. The maximum atomic E-state index is 12.6. The molecule has 1 aliphatic carbocycles. The molecule has 5 nitrogen and oxygen atoms in total. The lowest BCUT2D eigenvalue weighted by atomic mass is 10.1. The molecule has 0 N–H and O–H groups in total. The molecule has 1 aromatic heterocycles. The van der Waals surface area contributed by atoms with Crippen LogP contribution in [0.5, 0.6) is 0 Å². The van der Waals surface area contributed by atoms with E-state index in [0.717, 1.165) is 28.7 Å². The van der Waals surface area contributed by atoms with Crippen molar-refractivity contribution in [1.29, 1.82) is 0 Å². The van der Waals surface area contributed by atoms with Crippen molar-refractivity contribution in [3.8, 4) is 5.69 Å². The molecule has 0 unspecified atom stereocenters. The quantitative estimate of drug-likeness (QED) is 0.774. The summed E-state index contributed by atoms with van der Waals surface area (Å²) >= 11 is 3.41. The Bertz CT molecular complexity index is 808. The number of hydrogen-bond acceptors (Lipinski definition) is 3. The third kappa shape index (κ3) is 2.01. The second-order valence-electron chi connectivity index (χ2n) is 5.87. The van der Waals surface area contributed by atoms with E-state index in [1.807, 2.05) is 22.8 Å². The number of ketones is 1. The van der Waals surface area contributed by atoms with Crippen LogP contribution >= 0.6 is 15.9 Å². The normalized spacial score (nSPS) is 17.0. The molecule has 1 aromatic carbocycles. The minimum absolute atomic E-state index is 0.0511. The highest BCUT2D eigenvalue weighted by atomic mass is 79.9. The molecule has 0 radical (unpaired) electrons. The number of fused-ring (bicyclic) bond motifs is 3. The van der Waals surface area contributed by atoms with Gasteiger partial charge in [0.25, 0.3) is 5.91 Å². The Morgan fingerprint density at radius 2 is 2.14 bits per heavy atom. The molecule has 0 atom stereocenters. The summed E-state index contributed by atoms with van der Waals surface area (Å²) in [7, 11) is 1.75. The van der Waals surface area contributed by atoms with Crippen molar-refractivity contribution in [3.63, 3.8) is 0 Å². The number of aromatic nitrogens is 2. The highest BCUT2D eigenvalue weighted by molar-refractivity contribution is 9.10. The van der Waals surface area contributed by atoms with E-state index >= 15 is 0 Å². The highest BCUT2D eigenvalue weighted by Gasteiger charge is 2.35. The standard InChI is InChI=1S/C16H14BrN3O2/c1-19-7-13-14(15(21)9-2-3-9)18-8-20(13)12-5-4-10(17)6-11(12)16(19)22/h4-6,8-9H,2-3,7H2,1H3. The lowest BCUT2D eigenvalue weighted by Crippen LogP contribution is -2.25. The topological polar surface area (TPSA) is 55.2 Å². The number of hydrogen-bond donors (Lipinski definition) is 0. The zero-order valence-electron chi connectivity index (χ0n) is 12.0. The third-order valence-corrected chi connectivity index (χ3v) is 4.72. The van der Waals surface area contributed by atoms with Crippen LogP contribution in [0, 0.1) is 5.92 Å². The number of carbonyl (C=O) groups excluding carboxylic acids is 2. The van der Waals surface area contributed by atoms with Crippen molar-refractivity contribution in [1.82, 2.24) is 14.5 Å². The summed E-state index contributed by atoms with van der Waals surface area (Å²) < 4.78 is 2.73. The number of benzene rings is 1. The summed E-state index contributed by atoms with van der Waals surface area (Å²) in [5, 5.41) is 0. The molecule has 112 valence electrons. The predicted octanol–water partition coefficient (Wildman–Crippen LogP) is 2.81. The molecule has 1 fully saturated rings. The Hall–Kier alpha value is -1.95. The van der Waals surface area contributed by atoms with Crippen LogP contribution in [-0.2, 0) is 6.54 Å². The number of carbonyl (C=O) groups is 2. The first-order valence-corrected chi connectivity index (χ1v) is 8.01. The summed E-state index contributed by atoms with van der Waals surface area (Å²) in [6.45, 7) is 0.388. The molecule has 1 aliphatic heterocycles.